The van der Waals surface area contributed by atoms with E-state index in [4.69, 9.17) is 0 Å². The number of hydrogen-bond acceptors (Lipinski definition) is 6. The molecular weight excluding hydrogens is 574 g/mol. The predicted octanol–water partition coefficient (Wildman–Crippen LogP) is 5.76. The van der Waals surface area contributed by atoms with E-state index in [2.05, 4.69) is 0 Å². The van der Waals surface area contributed by atoms with Crippen molar-refractivity contribution in [3.05, 3.63) is 154 Å². The van der Waals surface area contributed by atoms with Crippen LogP contribution >= 0.6 is 0 Å². The number of carboxylic acid groups (broad SMARTS) is 2. The molecule has 9 nitrogen and oxygen atoms in total. The molecule has 0 saturated carbocycles. The maximum absolute atomic E-state index is 14.0. The number of hydrogen-bond donors (Lipinski definition) is 3. The van der Waals surface area contributed by atoms with Gasteiger partial charge in [0.25, 0.3) is 11.8 Å². The van der Waals surface area contributed by atoms with Gasteiger partial charge in [-0.3, -0.25) is 24.5 Å². The maximum atomic E-state index is 14.0. The van der Waals surface area contributed by atoms with Crippen molar-refractivity contribution in [3.63, 3.8) is 0 Å². The first-order valence-electron chi connectivity index (χ1n) is 13.6. The first-order chi connectivity index (χ1) is 21.7. The van der Waals surface area contributed by atoms with Crippen molar-refractivity contribution in [3.8, 4) is 22.3 Å². The van der Waals surface area contributed by atoms with Crippen molar-refractivity contribution in [2.45, 2.75) is 0 Å². The minimum Gasteiger partial charge on any atom is -0.478 e. The Morgan fingerprint density at radius 2 is 0.956 bits per heavy atom. The van der Waals surface area contributed by atoms with Crippen LogP contribution in [0.1, 0.15) is 73.3 Å². The van der Waals surface area contributed by atoms with E-state index in [0.29, 0.717) is 22.3 Å². The van der Waals surface area contributed by atoms with Crippen molar-refractivity contribution >= 4 is 35.3 Å². The first-order valence-corrected chi connectivity index (χ1v) is 13.6. The Labute approximate surface area is 255 Å². The lowest BCUT2D eigenvalue weighted by Gasteiger charge is -2.19. The van der Waals surface area contributed by atoms with E-state index in [9.17, 15) is 39.0 Å². The molecule has 1 aliphatic heterocycles. The summed E-state index contributed by atoms with van der Waals surface area (Å²) >= 11 is 0. The molecule has 3 N–H and O–H groups in total. The fourth-order valence-corrected chi connectivity index (χ4v) is 5.60. The number of nitrogens with one attached hydrogen (secondary N) is 1. The Hall–Kier alpha value is -6.48. The minimum absolute atomic E-state index is 0.0484. The number of ketones is 2. The van der Waals surface area contributed by atoms with Gasteiger partial charge in [-0.25, -0.2) is 9.59 Å². The summed E-state index contributed by atoms with van der Waals surface area (Å²) in [5.41, 5.74) is -1.26. The molecule has 1 heterocycles. The van der Waals surface area contributed by atoms with E-state index >= 15 is 0 Å². The van der Waals surface area contributed by atoms with E-state index in [0.717, 1.165) is 0 Å². The SMILES string of the molecule is O=C(c1ccccc1)c1ccccc1-c1ccc(-c2c3c(c(C(=O)O)c(C(=O)O)c2C(=O)c2ccccc2)C(=O)NC3=O)cc1. The molecule has 0 spiro atoms. The fraction of sp³-hybridized carbons (Fsp3) is 0. The van der Waals surface area contributed by atoms with Crippen molar-refractivity contribution in [2.24, 2.45) is 0 Å². The standard InChI is InChI=1S/C36H21NO8/c38-31(21-9-3-1-4-10-21)24-14-8-7-13-23(24)19-15-17-20(18-16-19)25-26(32(39)22-11-5-2-6-12-22)29(35(42)43)30(36(44)45)28-27(25)33(40)37-34(28)41/h1-18H,(H,42,43)(H,44,45)(H,37,40,41). The molecule has 5 aromatic carbocycles. The fourth-order valence-electron chi connectivity index (χ4n) is 5.60. The van der Waals surface area contributed by atoms with Crippen molar-refractivity contribution in [1.29, 1.82) is 0 Å². The summed E-state index contributed by atoms with van der Waals surface area (Å²) in [7, 11) is 0. The zero-order valence-corrected chi connectivity index (χ0v) is 23.2. The number of amides is 2. The van der Waals surface area contributed by atoms with E-state index in [1.165, 1.54) is 24.3 Å². The lowest BCUT2D eigenvalue weighted by molar-refractivity contribution is 0.0647. The molecule has 5 aromatic rings. The van der Waals surface area contributed by atoms with Crippen LogP contribution in [-0.4, -0.2) is 45.5 Å². The van der Waals surface area contributed by atoms with E-state index in [-0.39, 0.29) is 22.5 Å². The monoisotopic (exact) mass is 595 g/mol. The Morgan fingerprint density at radius 1 is 0.467 bits per heavy atom. The number of fused-ring (bicyclic) bond motifs is 1. The van der Waals surface area contributed by atoms with Crippen LogP contribution in [0, 0.1) is 0 Å². The van der Waals surface area contributed by atoms with Gasteiger partial charge < -0.3 is 10.2 Å². The van der Waals surface area contributed by atoms with Gasteiger partial charge in [-0.2, -0.15) is 0 Å². The van der Waals surface area contributed by atoms with Gasteiger partial charge in [0.1, 0.15) is 0 Å². The molecule has 1 aliphatic rings. The number of aromatic carboxylic acids is 2. The summed E-state index contributed by atoms with van der Waals surface area (Å²) in [6.45, 7) is 0. The average molecular weight is 596 g/mol. The summed E-state index contributed by atoms with van der Waals surface area (Å²) in [6.07, 6.45) is 0. The number of imide groups is 1. The topological polar surface area (TPSA) is 155 Å². The molecule has 9 heteroatoms. The highest BCUT2D eigenvalue weighted by molar-refractivity contribution is 6.32. The smallest absolute Gasteiger partial charge is 0.337 e. The van der Waals surface area contributed by atoms with Gasteiger partial charge in [-0.1, -0.05) is 109 Å². The molecule has 0 bridgehead atoms. The van der Waals surface area contributed by atoms with Crippen LogP contribution in [0.3, 0.4) is 0 Å². The molecule has 0 fully saturated rings. The summed E-state index contributed by atoms with van der Waals surface area (Å²) in [5, 5.41) is 22.3. The quantitative estimate of drug-likeness (QED) is 0.151. The summed E-state index contributed by atoms with van der Waals surface area (Å²) in [6, 6.07) is 29.7. The molecule has 6 rings (SSSR count). The summed E-state index contributed by atoms with van der Waals surface area (Å²) in [5.74, 6) is -6.63. The van der Waals surface area contributed by atoms with Crippen LogP contribution < -0.4 is 5.32 Å². The molecule has 0 radical (unpaired) electrons. The predicted molar refractivity (Wildman–Crippen MR) is 163 cm³/mol. The van der Waals surface area contributed by atoms with E-state index < -0.39 is 57.4 Å². The number of carboxylic acids is 2. The second kappa shape index (κ2) is 11.3. The minimum atomic E-state index is -1.78. The third-order valence-corrected chi connectivity index (χ3v) is 7.56. The van der Waals surface area contributed by atoms with Gasteiger partial charge in [-0.15, -0.1) is 0 Å². The van der Waals surface area contributed by atoms with Gasteiger partial charge >= 0.3 is 11.9 Å². The third kappa shape index (κ3) is 4.88. The Bertz CT molecular complexity index is 2080. The van der Waals surface area contributed by atoms with E-state index in [1.54, 1.807) is 78.9 Å². The highest BCUT2D eigenvalue weighted by atomic mass is 16.4. The van der Waals surface area contributed by atoms with Gasteiger partial charge in [0.05, 0.1) is 22.3 Å². The van der Waals surface area contributed by atoms with Gasteiger partial charge in [0.2, 0.25) is 0 Å². The second-order valence-corrected chi connectivity index (χ2v) is 10.2. The summed E-state index contributed by atoms with van der Waals surface area (Å²) in [4.78, 5) is 78.4. The van der Waals surface area contributed by atoms with Crippen molar-refractivity contribution in [1.82, 2.24) is 5.32 Å². The molecule has 45 heavy (non-hydrogen) atoms. The average Bonchev–Trinajstić information content (AvgIpc) is 3.36. The highest BCUT2D eigenvalue weighted by Crippen LogP contribution is 2.40. The van der Waals surface area contributed by atoms with E-state index in [1.807, 2.05) is 11.4 Å². The second-order valence-electron chi connectivity index (χ2n) is 10.2. The molecule has 0 saturated heterocycles. The van der Waals surface area contributed by atoms with Gasteiger partial charge in [-0.05, 0) is 16.7 Å². The van der Waals surface area contributed by atoms with Gasteiger partial charge in [0.15, 0.2) is 11.6 Å². The molecule has 218 valence electrons. The van der Waals surface area contributed by atoms with Crippen LogP contribution in [0.25, 0.3) is 22.3 Å². The molecular formula is C36H21NO8. The van der Waals surface area contributed by atoms with Crippen LogP contribution in [0.5, 0.6) is 0 Å². The Kier molecular flexibility index (Phi) is 7.20. The Morgan fingerprint density at radius 3 is 1.53 bits per heavy atom. The highest BCUT2D eigenvalue weighted by Gasteiger charge is 2.42. The van der Waals surface area contributed by atoms with Crippen LogP contribution in [0.15, 0.2) is 109 Å². The normalized spacial score (nSPS) is 11.9. The van der Waals surface area contributed by atoms with Crippen LogP contribution in [0.4, 0.5) is 0 Å². The molecule has 0 aliphatic carbocycles. The largest absolute Gasteiger partial charge is 0.478 e. The van der Waals surface area contributed by atoms with Gasteiger partial charge in [0, 0.05) is 27.8 Å². The van der Waals surface area contributed by atoms with Crippen LogP contribution in [0.2, 0.25) is 0 Å². The zero-order valence-electron chi connectivity index (χ0n) is 23.2. The molecule has 2 amide bonds. The third-order valence-electron chi connectivity index (χ3n) is 7.56. The molecule has 0 atom stereocenters. The lowest BCUT2D eigenvalue weighted by atomic mass is 9.81. The van der Waals surface area contributed by atoms with Crippen molar-refractivity contribution in [2.75, 3.05) is 0 Å². The number of rotatable bonds is 8. The number of carbonyl (C=O) groups is 6. The van der Waals surface area contributed by atoms with Crippen molar-refractivity contribution < 1.29 is 39.0 Å². The maximum Gasteiger partial charge on any atom is 0.337 e. The number of carbonyl (C=O) groups excluding carboxylic acids is 4. The number of benzene rings is 5. The zero-order chi connectivity index (χ0) is 31.8. The molecule has 0 unspecified atom stereocenters. The first kappa shape index (κ1) is 28.6. The van der Waals surface area contributed by atoms with Crippen LogP contribution in [-0.2, 0) is 0 Å². The lowest BCUT2D eigenvalue weighted by Crippen LogP contribution is -2.22. The molecule has 0 aromatic heterocycles. The summed E-state index contributed by atoms with van der Waals surface area (Å²) < 4.78 is 0. The Balaban J connectivity index is 1.60.